The molecule has 0 amide bonds. The second-order valence-electron chi connectivity index (χ2n) is 7.93. The van der Waals surface area contributed by atoms with Gasteiger partial charge in [0.2, 0.25) is 0 Å². The Morgan fingerprint density at radius 1 is 1.03 bits per heavy atom. The molecule has 1 aliphatic heterocycles. The van der Waals surface area contributed by atoms with Gasteiger partial charge in [-0.1, -0.05) is 6.07 Å². The molecule has 0 radical (unpaired) electrons. The number of nitrogens with one attached hydrogen (secondary N) is 1. The van der Waals surface area contributed by atoms with Crippen molar-refractivity contribution in [3.05, 3.63) is 70.2 Å². The molecule has 170 valence electrons. The van der Waals surface area contributed by atoms with E-state index < -0.39 is 17.7 Å². The van der Waals surface area contributed by atoms with Crippen molar-refractivity contribution in [2.24, 2.45) is 0 Å². The quantitative estimate of drug-likeness (QED) is 0.586. The molecule has 0 bridgehead atoms. The van der Waals surface area contributed by atoms with Crippen LogP contribution in [0, 0.1) is 5.82 Å². The fraction of sp³-hybridized carbons (Fsp3) is 0.409. The number of fused-ring (bicyclic) bond motifs is 1. The van der Waals surface area contributed by atoms with E-state index in [2.05, 4.69) is 20.2 Å². The standard InChI is InChI=1S/C22H23F4N5O/c23-16-11-19-18(28-14-16)2-4-21(32)31(19)10-9-30-7-5-17(6-8-30)27-12-15-1-3-20(29-13-15)22(24,25)26/h1-4,11,13-14,17,27H,5-10,12H2. The van der Waals surface area contributed by atoms with Gasteiger partial charge in [0.25, 0.3) is 5.56 Å². The molecule has 4 rings (SSSR count). The molecular formula is C22H23F4N5O. The van der Waals surface area contributed by atoms with Gasteiger partial charge >= 0.3 is 6.18 Å². The molecule has 0 saturated carbocycles. The van der Waals surface area contributed by atoms with Crippen LogP contribution in [-0.2, 0) is 19.3 Å². The number of pyridine rings is 3. The minimum atomic E-state index is -4.43. The van der Waals surface area contributed by atoms with Crippen LogP contribution in [0.15, 0.2) is 47.5 Å². The van der Waals surface area contributed by atoms with Crippen LogP contribution in [0.4, 0.5) is 17.6 Å². The Morgan fingerprint density at radius 3 is 2.50 bits per heavy atom. The lowest BCUT2D eigenvalue weighted by atomic mass is 10.0. The van der Waals surface area contributed by atoms with Crippen LogP contribution in [0.25, 0.3) is 11.0 Å². The molecule has 4 heterocycles. The molecule has 0 unspecified atom stereocenters. The maximum atomic E-state index is 13.6. The molecule has 1 fully saturated rings. The van der Waals surface area contributed by atoms with Crippen molar-refractivity contribution in [2.75, 3.05) is 19.6 Å². The van der Waals surface area contributed by atoms with Crippen molar-refractivity contribution in [3.8, 4) is 0 Å². The third-order valence-electron chi connectivity index (χ3n) is 5.74. The van der Waals surface area contributed by atoms with Crippen molar-refractivity contribution in [2.45, 2.75) is 38.1 Å². The van der Waals surface area contributed by atoms with Crippen molar-refractivity contribution in [3.63, 3.8) is 0 Å². The van der Waals surface area contributed by atoms with E-state index >= 15 is 0 Å². The first-order valence-electron chi connectivity index (χ1n) is 10.4. The van der Waals surface area contributed by atoms with Crippen molar-refractivity contribution < 1.29 is 17.6 Å². The van der Waals surface area contributed by atoms with Gasteiger partial charge in [-0.2, -0.15) is 13.2 Å². The van der Waals surface area contributed by atoms with Gasteiger partial charge in [0.1, 0.15) is 11.5 Å². The predicted molar refractivity (Wildman–Crippen MR) is 112 cm³/mol. The van der Waals surface area contributed by atoms with E-state index in [1.54, 1.807) is 10.6 Å². The SMILES string of the molecule is O=c1ccc2ncc(F)cc2n1CCN1CCC(NCc2ccc(C(F)(F)F)nc2)CC1. The number of aromatic nitrogens is 3. The van der Waals surface area contributed by atoms with E-state index in [4.69, 9.17) is 0 Å². The highest BCUT2D eigenvalue weighted by atomic mass is 19.4. The first-order valence-corrected chi connectivity index (χ1v) is 10.4. The fourth-order valence-electron chi connectivity index (χ4n) is 3.93. The van der Waals surface area contributed by atoms with E-state index in [9.17, 15) is 22.4 Å². The smallest absolute Gasteiger partial charge is 0.310 e. The number of piperidine rings is 1. The number of nitrogens with zero attached hydrogens (tertiary/aromatic N) is 4. The maximum absolute atomic E-state index is 13.6. The van der Waals surface area contributed by atoms with Crippen LogP contribution in [0.2, 0.25) is 0 Å². The van der Waals surface area contributed by atoms with Crippen LogP contribution in [0.5, 0.6) is 0 Å². The van der Waals surface area contributed by atoms with Crippen LogP contribution in [0.1, 0.15) is 24.1 Å². The number of hydrogen-bond acceptors (Lipinski definition) is 5. The minimum Gasteiger partial charge on any atom is -0.310 e. The van der Waals surface area contributed by atoms with Gasteiger partial charge in [-0.3, -0.25) is 14.8 Å². The Labute approximate surface area is 181 Å². The summed E-state index contributed by atoms with van der Waals surface area (Å²) in [5, 5.41) is 3.38. The summed E-state index contributed by atoms with van der Waals surface area (Å²) in [4.78, 5) is 22.0. The lowest BCUT2D eigenvalue weighted by Crippen LogP contribution is -2.43. The lowest BCUT2D eigenvalue weighted by molar-refractivity contribution is -0.141. The van der Waals surface area contributed by atoms with Gasteiger partial charge in [-0.15, -0.1) is 0 Å². The maximum Gasteiger partial charge on any atom is 0.433 e. The monoisotopic (exact) mass is 449 g/mol. The topological polar surface area (TPSA) is 63.1 Å². The second kappa shape index (κ2) is 9.33. The van der Waals surface area contributed by atoms with Crippen molar-refractivity contribution in [1.29, 1.82) is 0 Å². The van der Waals surface area contributed by atoms with E-state index in [-0.39, 0.29) is 11.6 Å². The molecule has 1 saturated heterocycles. The molecule has 32 heavy (non-hydrogen) atoms. The minimum absolute atomic E-state index is 0.188. The van der Waals surface area contributed by atoms with Crippen LogP contribution >= 0.6 is 0 Å². The highest BCUT2D eigenvalue weighted by molar-refractivity contribution is 5.74. The van der Waals surface area contributed by atoms with Crippen molar-refractivity contribution in [1.82, 2.24) is 24.8 Å². The number of likely N-dealkylation sites (tertiary alicyclic amines) is 1. The van der Waals surface area contributed by atoms with E-state index in [1.807, 2.05) is 0 Å². The lowest BCUT2D eigenvalue weighted by Gasteiger charge is -2.32. The summed E-state index contributed by atoms with van der Waals surface area (Å²) in [5.41, 5.74) is 0.687. The first-order chi connectivity index (χ1) is 15.3. The summed E-state index contributed by atoms with van der Waals surface area (Å²) in [5.74, 6) is -0.480. The van der Waals surface area contributed by atoms with Crippen LogP contribution < -0.4 is 10.9 Å². The highest BCUT2D eigenvalue weighted by Gasteiger charge is 2.32. The van der Waals surface area contributed by atoms with Crippen molar-refractivity contribution >= 4 is 11.0 Å². The van der Waals surface area contributed by atoms with E-state index in [1.165, 1.54) is 24.4 Å². The molecule has 3 aromatic heterocycles. The number of alkyl halides is 3. The highest BCUT2D eigenvalue weighted by Crippen LogP contribution is 2.27. The predicted octanol–water partition coefficient (Wildman–Crippen LogP) is 3.20. The first kappa shape index (κ1) is 22.3. The Kier molecular flexibility index (Phi) is 6.52. The van der Waals surface area contributed by atoms with Gasteiger partial charge in [0, 0.05) is 44.0 Å². The average Bonchev–Trinajstić information content (AvgIpc) is 2.77. The van der Waals surface area contributed by atoms with E-state index in [0.717, 1.165) is 38.2 Å². The fourth-order valence-corrected chi connectivity index (χ4v) is 3.93. The third-order valence-corrected chi connectivity index (χ3v) is 5.74. The number of hydrogen-bond donors (Lipinski definition) is 1. The molecule has 0 aliphatic carbocycles. The number of halogens is 4. The molecule has 10 heteroatoms. The van der Waals surface area contributed by atoms with Crippen LogP contribution in [-0.4, -0.2) is 45.1 Å². The Bertz CT molecular complexity index is 1120. The molecule has 6 nitrogen and oxygen atoms in total. The molecule has 0 atom stereocenters. The third kappa shape index (κ3) is 5.31. The van der Waals surface area contributed by atoms with Crippen LogP contribution in [0.3, 0.4) is 0 Å². The summed E-state index contributed by atoms with van der Waals surface area (Å²) in [7, 11) is 0. The molecule has 0 aromatic carbocycles. The summed E-state index contributed by atoms with van der Waals surface area (Å²) < 4.78 is 53.0. The van der Waals surface area contributed by atoms with Gasteiger partial charge in [-0.05, 0) is 43.6 Å². The van der Waals surface area contributed by atoms with Gasteiger partial charge in [0.15, 0.2) is 0 Å². The average molecular weight is 449 g/mol. The Balaban J connectivity index is 1.27. The summed E-state index contributed by atoms with van der Waals surface area (Å²) in [6.45, 7) is 3.21. The van der Waals surface area contributed by atoms with Gasteiger partial charge in [0.05, 0.1) is 17.2 Å². The van der Waals surface area contributed by atoms with Gasteiger partial charge in [-0.25, -0.2) is 4.39 Å². The molecule has 0 spiro atoms. The zero-order valence-electron chi connectivity index (χ0n) is 17.3. The Hall–Kier alpha value is -2.85. The zero-order valence-corrected chi connectivity index (χ0v) is 17.3. The summed E-state index contributed by atoms with van der Waals surface area (Å²) >= 11 is 0. The summed E-state index contributed by atoms with van der Waals surface area (Å²) in [6, 6.07) is 7.06. The molecule has 1 aliphatic rings. The Morgan fingerprint density at radius 2 is 1.81 bits per heavy atom. The summed E-state index contributed by atoms with van der Waals surface area (Å²) in [6.07, 6.45) is -0.274. The molecule has 1 N–H and O–H groups in total. The zero-order chi connectivity index (χ0) is 22.7. The number of rotatable bonds is 6. The molecular weight excluding hydrogens is 426 g/mol. The van der Waals surface area contributed by atoms with Gasteiger partial charge < -0.3 is 14.8 Å². The molecule has 3 aromatic rings. The van der Waals surface area contributed by atoms with E-state index in [0.29, 0.717) is 36.2 Å². The second-order valence-corrected chi connectivity index (χ2v) is 7.93. The largest absolute Gasteiger partial charge is 0.433 e. The normalized spacial score (nSPS) is 16.0.